The first-order valence-electron chi connectivity index (χ1n) is 6.18. The minimum Gasteiger partial charge on any atom is -0.355 e. The molecule has 0 atom stereocenters. The van der Waals surface area contributed by atoms with Crippen molar-refractivity contribution in [3.8, 4) is 11.4 Å². The van der Waals surface area contributed by atoms with E-state index in [4.69, 9.17) is 11.6 Å². The number of aromatic nitrogens is 2. The number of halogens is 1. The summed E-state index contributed by atoms with van der Waals surface area (Å²) in [5.74, 6) is 1.07. The zero-order valence-corrected chi connectivity index (χ0v) is 13.3. The third kappa shape index (κ3) is 4.47. The van der Waals surface area contributed by atoms with Crippen LogP contribution in [0.4, 0.5) is 0 Å². The summed E-state index contributed by atoms with van der Waals surface area (Å²) < 4.78 is 5.08. The number of nitrogens with zero attached hydrogens (tertiary/aromatic N) is 2. The number of hydrogen-bond donors (Lipinski definition) is 1. The van der Waals surface area contributed by atoms with Crippen LogP contribution in [0, 0.1) is 0 Å². The Morgan fingerprint density at radius 2 is 2.15 bits per heavy atom. The van der Waals surface area contributed by atoms with Gasteiger partial charge in [-0.2, -0.15) is 4.37 Å². The van der Waals surface area contributed by atoms with E-state index in [1.807, 2.05) is 31.2 Å². The molecule has 0 unspecified atom stereocenters. The molecule has 0 fully saturated rings. The van der Waals surface area contributed by atoms with Gasteiger partial charge in [0, 0.05) is 17.1 Å². The number of carbonyl (C=O) groups excluding carboxylic acids is 1. The molecule has 0 bridgehead atoms. The number of nitrogens with one attached hydrogen (secondary N) is 1. The normalized spacial score (nSPS) is 10.5. The fraction of sp³-hybridized carbons (Fsp3) is 0.308. The van der Waals surface area contributed by atoms with E-state index in [9.17, 15) is 4.79 Å². The van der Waals surface area contributed by atoms with Crippen molar-refractivity contribution in [2.24, 2.45) is 0 Å². The lowest BCUT2D eigenvalue weighted by Gasteiger charge is -2.00. The van der Waals surface area contributed by atoms with Crippen LogP contribution >= 0.6 is 34.9 Å². The molecule has 0 aliphatic rings. The highest BCUT2D eigenvalue weighted by molar-refractivity contribution is 8.01. The summed E-state index contributed by atoms with van der Waals surface area (Å²) in [6, 6.07) is 7.38. The fourth-order valence-electron chi connectivity index (χ4n) is 1.43. The highest BCUT2D eigenvalue weighted by Gasteiger charge is 2.09. The average molecular weight is 328 g/mol. The van der Waals surface area contributed by atoms with Crippen molar-refractivity contribution >= 4 is 40.8 Å². The summed E-state index contributed by atoms with van der Waals surface area (Å²) >= 11 is 8.55. The van der Waals surface area contributed by atoms with Crippen molar-refractivity contribution in [3.05, 3.63) is 29.3 Å². The molecule has 106 valence electrons. The van der Waals surface area contributed by atoms with Gasteiger partial charge in [0.05, 0.1) is 5.75 Å². The monoisotopic (exact) mass is 327 g/mol. The Morgan fingerprint density at radius 1 is 1.40 bits per heavy atom. The number of rotatable bonds is 6. The number of thioether (sulfide) groups is 1. The molecule has 2 aromatic rings. The largest absolute Gasteiger partial charge is 0.355 e. The summed E-state index contributed by atoms with van der Waals surface area (Å²) in [6.07, 6.45) is 0.940. The van der Waals surface area contributed by atoms with E-state index < -0.39 is 0 Å². The Balaban J connectivity index is 1.92. The predicted octanol–water partition coefficient (Wildman–Crippen LogP) is 3.48. The van der Waals surface area contributed by atoms with Gasteiger partial charge < -0.3 is 5.32 Å². The fourth-order valence-corrected chi connectivity index (χ4v) is 3.00. The summed E-state index contributed by atoms with van der Waals surface area (Å²) in [5.41, 5.74) is 0.924. The van der Waals surface area contributed by atoms with Gasteiger partial charge in [-0.15, -0.1) is 0 Å². The summed E-state index contributed by atoms with van der Waals surface area (Å²) in [7, 11) is 0. The van der Waals surface area contributed by atoms with E-state index in [2.05, 4.69) is 14.7 Å². The first-order chi connectivity index (χ1) is 9.69. The van der Waals surface area contributed by atoms with E-state index >= 15 is 0 Å². The van der Waals surface area contributed by atoms with Gasteiger partial charge in [0.1, 0.15) is 0 Å². The number of amides is 1. The molecule has 0 spiro atoms. The van der Waals surface area contributed by atoms with Crippen molar-refractivity contribution < 1.29 is 4.79 Å². The molecule has 20 heavy (non-hydrogen) atoms. The van der Waals surface area contributed by atoms with Gasteiger partial charge in [-0.05, 0) is 42.2 Å². The SMILES string of the molecule is CCCNC(=O)CSc1nc(-c2ccc(Cl)cc2)ns1. The Kier molecular flexibility index (Phi) is 5.82. The summed E-state index contributed by atoms with van der Waals surface area (Å²) in [6.45, 7) is 2.74. The van der Waals surface area contributed by atoms with E-state index in [0.717, 1.165) is 16.3 Å². The van der Waals surface area contributed by atoms with Crippen LogP contribution < -0.4 is 5.32 Å². The van der Waals surface area contributed by atoms with Crippen LogP contribution in [0.1, 0.15) is 13.3 Å². The lowest BCUT2D eigenvalue weighted by atomic mass is 10.2. The maximum atomic E-state index is 11.5. The molecule has 0 radical (unpaired) electrons. The highest BCUT2D eigenvalue weighted by atomic mass is 35.5. The van der Waals surface area contributed by atoms with Crippen molar-refractivity contribution in [3.63, 3.8) is 0 Å². The first-order valence-corrected chi connectivity index (χ1v) is 8.32. The van der Waals surface area contributed by atoms with Crippen molar-refractivity contribution in [2.75, 3.05) is 12.3 Å². The molecule has 0 saturated carbocycles. The Hall–Kier alpha value is -1.11. The molecule has 1 amide bonds. The lowest BCUT2D eigenvalue weighted by molar-refractivity contribution is -0.118. The van der Waals surface area contributed by atoms with Crippen molar-refractivity contribution in [1.82, 2.24) is 14.7 Å². The molecular weight excluding hydrogens is 314 g/mol. The van der Waals surface area contributed by atoms with Gasteiger partial charge in [-0.1, -0.05) is 30.3 Å². The molecular formula is C13H14ClN3OS2. The van der Waals surface area contributed by atoms with Crippen LogP contribution in [-0.2, 0) is 4.79 Å². The van der Waals surface area contributed by atoms with Gasteiger partial charge in [0.25, 0.3) is 0 Å². The van der Waals surface area contributed by atoms with Crippen LogP contribution in [0.25, 0.3) is 11.4 Å². The van der Waals surface area contributed by atoms with Crippen LogP contribution in [0.3, 0.4) is 0 Å². The molecule has 0 aliphatic heterocycles. The average Bonchev–Trinajstić information content (AvgIpc) is 2.92. The van der Waals surface area contributed by atoms with E-state index in [-0.39, 0.29) is 5.91 Å². The molecule has 4 nitrogen and oxygen atoms in total. The van der Waals surface area contributed by atoms with Crippen LogP contribution in [0.5, 0.6) is 0 Å². The molecule has 2 rings (SSSR count). The van der Waals surface area contributed by atoms with Gasteiger partial charge in [-0.25, -0.2) is 4.98 Å². The summed E-state index contributed by atoms with van der Waals surface area (Å²) in [5, 5.41) is 3.52. The van der Waals surface area contributed by atoms with Crippen LogP contribution in [0.2, 0.25) is 5.02 Å². The Bertz CT molecular complexity index is 571. The number of benzene rings is 1. The van der Waals surface area contributed by atoms with Gasteiger partial charge in [-0.3, -0.25) is 4.79 Å². The second-order valence-electron chi connectivity index (χ2n) is 4.03. The van der Waals surface area contributed by atoms with Gasteiger partial charge >= 0.3 is 0 Å². The van der Waals surface area contributed by atoms with Gasteiger partial charge in [0.15, 0.2) is 10.2 Å². The molecule has 7 heteroatoms. The molecule has 1 aromatic heterocycles. The van der Waals surface area contributed by atoms with Gasteiger partial charge in [0.2, 0.25) is 5.91 Å². The zero-order chi connectivity index (χ0) is 14.4. The van der Waals surface area contributed by atoms with Crippen LogP contribution in [0.15, 0.2) is 28.6 Å². The predicted molar refractivity (Wildman–Crippen MR) is 84.4 cm³/mol. The van der Waals surface area contributed by atoms with Crippen molar-refractivity contribution in [2.45, 2.75) is 17.7 Å². The minimum atomic E-state index is 0.0279. The summed E-state index contributed by atoms with van der Waals surface area (Å²) in [4.78, 5) is 15.9. The first kappa shape index (κ1) is 15.3. The molecule has 0 saturated heterocycles. The second-order valence-corrected chi connectivity index (χ2v) is 6.44. The third-order valence-electron chi connectivity index (χ3n) is 2.41. The minimum absolute atomic E-state index is 0.0279. The lowest BCUT2D eigenvalue weighted by Crippen LogP contribution is -2.25. The van der Waals surface area contributed by atoms with E-state index in [1.165, 1.54) is 23.3 Å². The maximum absolute atomic E-state index is 11.5. The molecule has 1 heterocycles. The molecule has 0 aliphatic carbocycles. The smallest absolute Gasteiger partial charge is 0.230 e. The Labute approximate surface area is 131 Å². The standard InChI is InChI=1S/C13H14ClN3OS2/c1-2-7-15-11(18)8-19-13-16-12(17-20-13)9-3-5-10(14)6-4-9/h3-6H,2,7-8H2,1H3,(H,15,18). The van der Waals surface area contributed by atoms with Crippen molar-refractivity contribution in [1.29, 1.82) is 0 Å². The molecule has 1 aromatic carbocycles. The van der Waals surface area contributed by atoms with E-state index in [0.29, 0.717) is 23.1 Å². The van der Waals surface area contributed by atoms with E-state index in [1.54, 1.807) is 0 Å². The third-order valence-corrected chi connectivity index (χ3v) is 4.49. The zero-order valence-electron chi connectivity index (χ0n) is 10.9. The van der Waals surface area contributed by atoms with Crippen LogP contribution in [-0.4, -0.2) is 27.6 Å². The highest BCUT2D eigenvalue weighted by Crippen LogP contribution is 2.25. The maximum Gasteiger partial charge on any atom is 0.230 e. The Morgan fingerprint density at radius 3 is 2.85 bits per heavy atom. The quantitative estimate of drug-likeness (QED) is 0.825. The number of carbonyl (C=O) groups is 1. The second kappa shape index (κ2) is 7.61. The number of hydrogen-bond acceptors (Lipinski definition) is 5. The molecule has 1 N–H and O–H groups in total. The topological polar surface area (TPSA) is 54.9 Å².